The van der Waals surface area contributed by atoms with Gasteiger partial charge in [-0.2, -0.15) is 0 Å². The second-order valence-corrected chi connectivity index (χ2v) is 11.3. The summed E-state index contributed by atoms with van der Waals surface area (Å²) in [6, 6.07) is 0. The molecule has 0 spiro atoms. The lowest BCUT2D eigenvalue weighted by molar-refractivity contribution is 0.200. The highest BCUT2D eigenvalue weighted by Crippen LogP contribution is 2.37. The molecule has 1 saturated carbocycles. The van der Waals surface area contributed by atoms with E-state index in [4.69, 9.17) is 0 Å². The van der Waals surface area contributed by atoms with Crippen LogP contribution >= 0.6 is 0 Å². The zero-order valence-corrected chi connectivity index (χ0v) is 21.5. The third-order valence-corrected chi connectivity index (χ3v) is 8.56. The average Bonchev–Trinajstić information content (AvgIpc) is 2.73. The zero-order chi connectivity index (χ0) is 21.5. The van der Waals surface area contributed by atoms with Crippen LogP contribution in [0.15, 0.2) is 0 Å². The van der Waals surface area contributed by atoms with Crippen molar-refractivity contribution < 1.29 is 0 Å². The largest absolute Gasteiger partial charge is 0.0654 e. The van der Waals surface area contributed by atoms with E-state index in [9.17, 15) is 0 Å². The molecule has 0 nitrogen and oxygen atoms in total. The minimum Gasteiger partial charge on any atom is -0.0654 e. The predicted molar refractivity (Wildman–Crippen MR) is 133 cm³/mol. The molecule has 0 aromatic rings. The van der Waals surface area contributed by atoms with Crippen molar-refractivity contribution >= 4 is 0 Å². The van der Waals surface area contributed by atoms with E-state index in [1.165, 1.54) is 103 Å². The van der Waals surface area contributed by atoms with Crippen molar-refractivity contribution in [1.82, 2.24) is 0 Å². The molecule has 0 aromatic heterocycles. The van der Waals surface area contributed by atoms with Crippen LogP contribution in [0.25, 0.3) is 0 Å². The molecule has 1 aliphatic rings. The van der Waals surface area contributed by atoms with Crippen molar-refractivity contribution in [1.29, 1.82) is 0 Å². The second kappa shape index (κ2) is 16.7. The highest BCUT2D eigenvalue weighted by atomic mass is 14.3. The Balaban J connectivity index is 2.52. The van der Waals surface area contributed by atoms with Gasteiger partial charge in [0.25, 0.3) is 0 Å². The highest BCUT2D eigenvalue weighted by Gasteiger charge is 2.24. The third kappa shape index (κ3) is 12.4. The molecule has 0 heteroatoms. The van der Waals surface area contributed by atoms with E-state index >= 15 is 0 Å². The SMILES string of the molecule is CCCCCCCCC(CCC(CC1CCCCC1)C(C)CC)CC(C)C(C)C. The Bertz CT molecular complexity index is 351. The summed E-state index contributed by atoms with van der Waals surface area (Å²) in [5, 5.41) is 0. The monoisotopic (exact) mass is 406 g/mol. The van der Waals surface area contributed by atoms with Crippen molar-refractivity contribution in [2.45, 2.75) is 151 Å². The lowest BCUT2D eigenvalue weighted by Crippen LogP contribution is -2.20. The Hall–Kier alpha value is 0. The predicted octanol–water partition coefficient (Wildman–Crippen LogP) is 10.4. The Kier molecular flexibility index (Phi) is 15.5. The Labute approximate surface area is 186 Å². The summed E-state index contributed by atoms with van der Waals surface area (Å²) in [6.07, 6.45) is 25.2. The van der Waals surface area contributed by atoms with Crippen molar-refractivity contribution in [2.75, 3.05) is 0 Å². The molecule has 29 heavy (non-hydrogen) atoms. The first-order chi connectivity index (χ1) is 14.0. The van der Waals surface area contributed by atoms with Gasteiger partial charge in [0.05, 0.1) is 0 Å². The summed E-state index contributed by atoms with van der Waals surface area (Å²) in [7, 11) is 0. The molecule has 0 amide bonds. The van der Waals surface area contributed by atoms with E-state index in [0.717, 1.165) is 35.5 Å². The molecule has 0 aromatic carbocycles. The van der Waals surface area contributed by atoms with Crippen molar-refractivity contribution in [3.05, 3.63) is 0 Å². The first-order valence-corrected chi connectivity index (χ1v) is 14.0. The van der Waals surface area contributed by atoms with E-state index in [1.807, 2.05) is 0 Å². The minimum absolute atomic E-state index is 0.842. The molecule has 4 atom stereocenters. The fourth-order valence-electron chi connectivity index (χ4n) is 5.66. The Morgan fingerprint density at radius 3 is 1.97 bits per heavy atom. The van der Waals surface area contributed by atoms with Crippen LogP contribution in [0.1, 0.15) is 151 Å². The van der Waals surface area contributed by atoms with Crippen LogP contribution in [0.2, 0.25) is 0 Å². The van der Waals surface area contributed by atoms with Crippen LogP contribution in [0, 0.1) is 35.5 Å². The normalized spacial score (nSPS) is 20.0. The van der Waals surface area contributed by atoms with Gasteiger partial charge in [-0.25, -0.2) is 0 Å². The summed E-state index contributed by atoms with van der Waals surface area (Å²) in [5.41, 5.74) is 0. The molecule has 1 fully saturated rings. The first kappa shape index (κ1) is 27.0. The molecule has 1 aliphatic carbocycles. The van der Waals surface area contributed by atoms with Gasteiger partial charge >= 0.3 is 0 Å². The van der Waals surface area contributed by atoms with Crippen LogP contribution in [-0.4, -0.2) is 0 Å². The molecule has 0 saturated heterocycles. The van der Waals surface area contributed by atoms with Gasteiger partial charge in [0, 0.05) is 0 Å². The van der Waals surface area contributed by atoms with Crippen LogP contribution in [0.4, 0.5) is 0 Å². The van der Waals surface area contributed by atoms with Crippen molar-refractivity contribution in [2.24, 2.45) is 35.5 Å². The van der Waals surface area contributed by atoms with Gasteiger partial charge in [-0.3, -0.25) is 0 Å². The zero-order valence-electron chi connectivity index (χ0n) is 21.5. The van der Waals surface area contributed by atoms with Crippen molar-refractivity contribution in [3.8, 4) is 0 Å². The maximum atomic E-state index is 2.55. The third-order valence-electron chi connectivity index (χ3n) is 8.56. The number of hydrogen-bond donors (Lipinski definition) is 0. The van der Waals surface area contributed by atoms with Gasteiger partial charge in [-0.15, -0.1) is 0 Å². The van der Waals surface area contributed by atoms with Gasteiger partial charge in [0.1, 0.15) is 0 Å². The minimum atomic E-state index is 0.842. The highest BCUT2D eigenvalue weighted by molar-refractivity contribution is 4.76. The summed E-state index contributed by atoms with van der Waals surface area (Å²) in [6.45, 7) is 14.7. The molecule has 174 valence electrons. The first-order valence-electron chi connectivity index (χ1n) is 14.0. The fraction of sp³-hybridized carbons (Fsp3) is 1.00. The Morgan fingerprint density at radius 2 is 1.34 bits per heavy atom. The van der Waals surface area contributed by atoms with Gasteiger partial charge in [-0.05, 0) is 54.8 Å². The molecular weight excluding hydrogens is 348 g/mol. The van der Waals surface area contributed by atoms with Gasteiger partial charge < -0.3 is 0 Å². The molecular formula is C29H58. The van der Waals surface area contributed by atoms with Crippen LogP contribution in [-0.2, 0) is 0 Å². The lowest BCUT2D eigenvalue weighted by atomic mass is 9.74. The van der Waals surface area contributed by atoms with E-state index < -0.39 is 0 Å². The fourth-order valence-corrected chi connectivity index (χ4v) is 5.66. The molecule has 0 radical (unpaired) electrons. The van der Waals surface area contributed by atoms with Crippen molar-refractivity contribution in [3.63, 3.8) is 0 Å². The topological polar surface area (TPSA) is 0 Å². The molecule has 0 bridgehead atoms. The maximum Gasteiger partial charge on any atom is -0.0386 e. The van der Waals surface area contributed by atoms with E-state index in [0.29, 0.717) is 0 Å². The molecule has 0 aliphatic heterocycles. The molecule has 0 N–H and O–H groups in total. The maximum absolute atomic E-state index is 2.55. The summed E-state index contributed by atoms with van der Waals surface area (Å²) in [4.78, 5) is 0. The van der Waals surface area contributed by atoms with E-state index in [2.05, 4.69) is 41.5 Å². The quantitative estimate of drug-likeness (QED) is 0.211. The van der Waals surface area contributed by atoms with Crippen LogP contribution < -0.4 is 0 Å². The van der Waals surface area contributed by atoms with Gasteiger partial charge in [0.15, 0.2) is 0 Å². The summed E-state index contributed by atoms with van der Waals surface area (Å²) in [5.74, 6) is 5.68. The number of unbranched alkanes of at least 4 members (excludes halogenated alkanes) is 5. The summed E-state index contributed by atoms with van der Waals surface area (Å²) >= 11 is 0. The molecule has 1 rings (SSSR count). The van der Waals surface area contributed by atoms with E-state index in [1.54, 1.807) is 6.42 Å². The summed E-state index contributed by atoms with van der Waals surface area (Å²) < 4.78 is 0. The second-order valence-electron chi connectivity index (χ2n) is 11.3. The Morgan fingerprint density at radius 1 is 0.690 bits per heavy atom. The number of hydrogen-bond acceptors (Lipinski definition) is 0. The van der Waals surface area contributed by atoms with Gasteiger partial charge in [0.2, 0.25) is 0 Å². The van der Waals surface area contributed by atoms with Crippen LogP contribution in [0.5, 0.6) is 0 Å². The molecule has 4 unspecified atom stereocenters. The van der Waals surface area contributed by atoms with E-state index in [-0.39, 0.29) is 0 Å². The number of rotatable bonds is 17. The standard InChI is InChI=1S/C29H58/c1-7-9-10-11-12-14-19-28(22-26(6)24(3)4)20-21-29(25(5)8-2)23-27-17-15-13-16-18-27/h24-29H,7-23H2,1-6H3. The lowest BCUT2D eigenvalue weighted by Gasteiger charge is -2.32. The molecule has 0 heterocycles. The smallest absolute Gasteiger partial charge is 0.0386 e. The van der Waals surface area contributed by atoms with Gasteiger partial charge in [-0.1, -0.05) is 131 Å². The van der Waals surface area contributed by atoms with Crippen LogP contribution in [0.3, 0.4) is 0 Å². The average molecular weight is 407 g/mol.